The zero-order chi connectivity index (χ0) is 10.9. The fourth-order valence-electron chi connectivity index (χ4n) is 3.59. The molecule has 2 nitrogen and oxygen atoms in total. The van der Waals surface area contributed by atoms with E-state index >= 15 is 0 Å². The molecule has 2 aliphatic rings. The lowest BCUT2D eigenvalue weighted by molar-refractivity contribution is -0.0969. The van der Waals surface area contributed by atoms with Crippen LogP contribution >= 0.6 is 0 Å². The van der Waals surface area contributed by atoms with Gasteiger partial charge in [-0.05, 0) is 25.2 Å². The summed E-state index contributed by atoms with van der Waals surface area (Å²) in [4.78, 5) is 0. The normalized spacial score (nSPS) is 47.0. The van der Waals surface area contributed by atoms with Crippen molar-refractivity contribution in [1.82, 2.24) is 0 Å². The molecule has 0 aromatic rings. The van der Waals surface area contributed by atoms with E-state index in [1.165, 1.54) is 32.1 Å². The van der Waals surface area contributed by atoms with Gasteiger partial charge >= 0.3 is 0 Å². The molecule has 0 aromatic carbocycles. The van der Waals surface area contributed by atoms with Crippen molar-refractivity contribution >= 4 is 0 Å². The van der Waals surface area contributed by atoms with Gasteiger partial charge in [-0.2, -0.15) is 0 Å². The number of hydrogen-bond acceptors (Lipinski definition) is 2. The van der Waals surface area contributed by atoms with Crippen molar-refractivity contribution in [2.45, 2.75) is 64.1 Å². The highest BCUT2D eigenvalue weighted by atomic mass is 16.5. The fourth-order valence-corrected chi connectivity index (χ4v) is 3.59. The second-order valence-electron chi connectivity index (χ2n) is 5.31. The smallest absolute Gasteiger partial charge is 0.0957 e. The molecule has 0 amide bonds. The minimum absolute atomic E-state index is 0.0367. The highest BCUT2D eigenvalue weighted by Gasteiger charge is 2.48. The van der Waals surface area contributed by atoms with Gasteiger partial charge in [-0.1, -0.05) is 32.6 Å². The van der Waals surface area contributed by atoms with Crippen LogP contribution in [0.15, 0.2) is 0 Å². The van der Waals surface area contributed by atoms with E-state index in [4.69, 9.17) is 4.74 Å². The first-order valence-corrected chi connectivity index (χ1v) is 6.52. The third-order valence-electron chi connectivity index (χ3n) is 4.65. The third-order valence-corrected chi connectivity index (χ3v) is 4.65. The number of hydrogen-bond donors (Lipinski definition) is 1. The Labute approximate surface area is 93.0 Å². The van der Waals surface area contributed by atoms with E-state index in [1.54, 1.807) is 0 Å². The lowest BCUT2D eigenvalue weighted by Crippen LogP contribution is -2.48. The summed E-state index contributed by atoms with van der Waals surface area (Å²) in [5, 5.41) is 10.8. The second-order valence-corrected chi connectivity index (χ2v) is 5.31. The molecule has 1 N–H and O–H groups in total. The summed E-state index contributed by atoms with van der Waals surface area (Å²) in [5.74, 6) is 1.20. The summed E-state index contributed by atoms with van der Waals surface area (Å²) in [6.07, 6.45) is 7.22. The maximum Gasteiger partial charge on any atom is 0.0957 e. The maximum atomic E-state index is 10.8. The standard InChI is InChI=1S/C13H24O2/c1-3-11-6-4-5-7-12(11)13(14)8-9-15-10(13)2/h10-12,14H,3-9H2,1-2H3. The van der Waals surface area contributed by atoms with Crippen molar-refractivity contribution in [2.24, 2.45) is 11.8 Å². The molecule has 1 saturated carbocycles. The van der Waals surface area contributed by atoms with Gasteiger partial charge in [0.05, 0.1) is 11.7 Å². The molecule has 1 heterocycles. The van der Waals surface area contributed by atoms with Crippen LogP contribution in [0, 0.1) is 11.8 Å². The molecular formula is C13H24O2. The van der Waals surface area contributed by atoms with Crippen LogP contribution in [0.3, 0.4) is 0 Å². The van der Waals surface area contributed by atoms with Crippen LogP contribution in [-0.4, -0.2) is 23.4 Å². The molecule has 2 fully saturated rings. The molecule has 4 unspecified atom stereocenters. The Morgan fingerprint density at radius 1 is 1.33 bits per heavy atom. The Kier molecular flexibility index (Phi) is 3.36. The highest BCUT2D eigenvalue weighted by Crippen LogP contribution is 2.44. The molecule has 4 atom stereocenters. The molecule has 1 aliphatic heterocycles. The van der Waals surface area contributed by atoms with E-state index in [-0.39, 0.29) is 6.10 Å². The van der Waals surface area contributed by atoms with Gasteiger partial charge in [-0.25, -0.2) is 0 Å². The van der Waals surface area contributed by atoms with Gasteiger partial charge in [0.2, 0.25) is 0 Å². The molecule has 2 rings (SSSR count). The summed E-state index contributed by atoms with van der Waals surface area (Å²) < 4.78 is 5.56. The molecule has 88 valence electrons. The highest BCUT2D eigenvalue weighted by molar-refractivity contribution is 4.98. The Balaban J connectivity index is 2.12. The van der Waals surface area contributed by atoms with E-state index < -0.39 is 5.60 Å². The zero-order valence-corrected chi connectivity index (χ0v) is 10.0. The summed E-state index contributed by atoms with van der Waals surface area (Å²) in [6, 6.07) is 0. The average Bonchev–Trinajstić information content (AvgIpc) is 2.60. The molecular weight excluding hydrogens is 188 g/mol. The van der Waals surface area contributed by atoms with Crippen molar-refractivity contribution < 1.29 is 9.84 Å². The first kappa shape index (κ1) is 11.4. The van der Waals surface area contributed by atoms with Crippen molar-refractivity contribution in [3.05, 3.63) is 0 Å². The van der Waals surface area contributed by atoms with Crippen molar-refractivity contribution in [1.29, 1.82) is 0 Å². The van der Waals surface area contributed by atoms with Gasteiger partial charge in [-0.3, -0.25) is 0 Å². The van der Waals surface area contributed by atoms with Gasteiger partial charge in [-0.15, -0.1) is 0 Å². The van der Waals surface area contributed by atoms with Crippen molar-refractivity contribution in [3.8, 4) is 0 Å². The minimum Gasteiger partial charge on any atom is -0.387 e. The first-order valence-electron chi connectivity index (χ1n) is 6.52. The maximum absolute atomic E-state index is 10.8. The van der Waals surface area contributed by atoms with Gasteiger partial charge in [0.15, 0.2) is 0 Å². The number of ether oxygens (including phenoxy) is 1. The van der Waals surface area contributed by atoms with Crippen LogP contribution in [0.25, 0.3) is 0 Å². The van der Waals surface area contributed by atoms with Crippen LogP contribution in [0.1, 0.15) is 52.4 Å². The molecule has 1 aliphatic carbocycles. The van der Waals surface area contributed by atoms with E-state index in [0.29, 0.717) is 11.8 Å². The monoisotopic (exact) mass is 212 g/mol. The number of aliphatic hydroxyl groups is 1. The van der Waals surface area contributed by atoms with Gasteiger partial charge < -0.3 is 9.84 Å². The topological polar surface area (TPSA) is 29.5 Å². The molecule has 0 bridgehead atoms. The number of rotatable bonds is 2. The summed E-state index contributed by atoms with van der Waals surface area (Å²) in [6.45, 7) is 5.03. The quantitative estimate of drug-likeness (QED) is 0.762. The Morgan fingerprint density at radius 3 is 2.67 bits per heavy atom. The molecule has 1 saturated heterocycles. The summed E-state index contributed by atoms with van der Waals surface area (Å²) in [5.41, 5.74) is -0.527. The summed E-state index contributed by atoms with van der Waals surface area (Å²) >= 11 is 0. The predicted octanol–water partition coefficient (Wildman–Crippen LogP) is 2.74. The second kappa shape index (κ2) is 4.42. The largest absolute Gasteiger partial charge is 0.387 e. The van der Waals surface area contributed by atoms with E-state index in [0.717, 1.165) is 13.0 Å². The SMILES string of the molecule is CCC1CCCCC1C1(O)CCOC1C. The first-order chi connectivity index (χ1) is 7.18. The van der Waals surface area contributed by atoms with E-state index in [9.17, 15) is 5.11 Å². The average molecular weight is 212 g/mol. The molecule has 0 radical (unpaired) electrons. The van der Waals surface area contributed by atoms with Crippen molar-refractivity contribution in [3.63, 3.8) is 0 Å². The van der Waals surface area contributed by atoms with E-state index in [1.807, 2.05) is 6.92 Å². The zero-order valence-electron chi connectivity index (χ0n) is 10.0. The van der Waals surface area contributed by atoms with Gasteiger partial charge in [0.25, 0.3) is 0 Å². The molecule has 0 spiro atoms. The van der Waals surface area contributed by atoms with Gasteiger partial charge in [0.1, 0.15) is 0 Å². The van der Waals surface area contributed by atoms with Crippen LogP contribution in [0.2, 0.25) is 0 Å². The lowest BCUT2D eigenvalue weighted by atomic mass is 9.67. The molecule has 0 aromatic heterocycles. The Hall–Kier alpha value is -0.0800. The molecule has 15 heavy (non-hydrogen) atoms. The lowest BCUT2D eigenvalue weighted by Gasteiger charge is -2.42. The van der Waals surface area contributed by atoms with E-state index in [2.05, 4.69) is 6.92 Å². The fraction of sp³-hybridized carbons (Fsp3) is 1.00. The van der Waals surface area contributed by atoms with Crippen LogP contribution in [0.4, 0.5) is 0 Å². The Bertz CT molecular complexity index is 217. The minimum atomic E-state index is -0.527. The van der Waals surface area contributed by atoms with Crippen molar-refractivity contribution in [2.75, 3.05) is 6.61 Å². The van der Waals surface area contributed by atoms with Crippen LogP contribution in [-0.2, 0) is 4.74 Å². The van der Waals surface area contributed by atoms with Crippen LogP contribution in [0.5, 0.6) is 0 Å². The summed E-state index contributed by atoms with van der Waals surface area (Å²) in [7, 11) is 0. The van der Waals surface area contributed by atoms with Crippen LogP contribution < -0.4 is 0 Å². The third kappa shape index (κ3) is 1.94. The Morgan fingerprint density at radius 2 is 2.07 bits per heavy atom. The molecule has 2 heteroatoms. The van der Waals surface area contributed by atoms with Gasteiger partial charge in [0, 0.05) is 13.0 Å². The predicted molar refractivity (Wildman–Crippen MR) is 60.7 cm³/mol.